The molecular formula is C15H17Cl2N3O. The smallest absolute Gasteiger partial charge is 0.267 e. The fourth-order valence-corrected chi connectivity index (χ4v) is 3.24. The maximum absolute atomic E-state index is 12.3. The van der Waals surface area contributed by atoms with E-state index in [1.54, 1.807) is 18.2 Å². The molecule has 1 aliphatic rings. The summed E-state index contributed by atoms with van der Waals surface area (Å²) in [6.07, 6.45) is 3.30. The molecule has 1 amide bonds. The zero-order valence-electron chi connectivity index (χ0n) is 11.5. The molecule has 21 heavy (non-hydrogen) atoms. The zero-order valence-corrected chi connectivity index (χ0v) is 13.0. The molecular weight excluding hydrogens is 309 g/mol. The van der Waals surface area contributed by atoms with Crippen molar-refractivity contribution in [2.75, 3.05) is 13.1 Å². The molecule has 0 bridgehead atoms. The van der Waals surface area contributed by atoms with Gasteiger partial charge in [-0.1, -0.05) is 29.6 Å². The average Bonchev–Trinajstić information content (AvgIpc) is 2.70. The molecule has 1 aromatic heterocycles. The van der Waals surface area contributed by atoms with E-state index < -0.39 is 0 Å². The van der Waals surface area contributed by atoms with E-state index in [0.717, 1.165) is 43.3 Å². The minimum Gasteiger partial charge on any atom is -0.350 e. The summed E-state index contributed by atoms with van der Waals surface area (Å²) >= 11 is 12.1. The molecule has 1 aliphatic heterocycles. The second-order valence-electron chi connectivity index (χ2n) is 5.40. The van der Waals surface area contributed by atoms with Crippen LogP contribution >= 0.6 is 23.2 Å². The molecule has 1 unspecified atom stereocenters. The highest BCUT2D eigenvalue weighted by Crippen LogP contribution is 2.28. The maximum Gasteiger partial charge on any atom is 0.267 e. The van der Waals surface area contributed by atoms with E-state index in [0.29, 0.717) is 15.7 Å². The Balaban J connectivity index is 1.79. The number of aromatic amines is 1. The van der Waals surface area contributed by atoms with Gasteiger partial charge in [0.2, 0.25) is 0 Å². The summed E-state index contributed by atoms with van der Waals surface area (Å²) in [5.74, 6) is -0.105. The maximum atomic E-state index is 12.3. The molecule has 1 fully saturated rings. The van der Waals surface area contributed by atoms with E-state index in [-0.39, 0.29) is 11.9 Å². The molecule has 3 N–H and O–H groups in total. The van der Waals surface area contributed by atoms with Gasteiger partial charge in [-0.3, -0.25) is 4.79 Å². The normalized spacial score (nSPS) is 19.4. The Labute approximate surface area is 133 Å². The predicted octanol–water partition coefficient (Wildman–Crippen LogP) is 3.35. The van der Waals surface area contributed by atoms with Crippen LogP contribution in [0.1, 0.15) is 29.8 Å². The first-order chi connectivity index (χ1) is 10.1. The van der Waals surface area contributed by atoms with Gasteiger partial charge >= 0.3 is 0 Å². The standard InChI is InChI=1S/C15H17Cl2N3O/c16-9-5-12(17)11-7-14(20-13(11)6-9)15(21)19-10-3-1-2-4-18-8-10/h5-7,10,18,20H,1-4,8H2,(H,19,21). The van der Waals surface area contributed by atoms with Crippen LogP contribution in [0.3, 0.4) is 0 Å². The van der Waals surface area contributed by atoms with Crippen molar-refractivity contribution in [3.8, 4) is 0 Å². The second-order valence-corrected chi connectivity index (χ2v) is 6.25. The molecule has 0 spiro atoms. The van der Waals surface area contributed by atoms with Gasteiger partial charge in [-0.15, -0.1) is 0 Å². The third-order valence-electron chi connectivity index (χ3n) is 3.78. The second kappa shape index (κ2) is 6.26. The van der Waals surface area contributed by atoms with E-state index in [1.807, 2.05) is 0 Å². The van der Waals surface area contributed by atoms with Gasteiger partial charge in [-0.2, -0.15) is 0 Å². The van der Waals surface area contributed by atoms with Gasteiger partial charge in [-0.05, 0) is 37.6 Å². The van der Waals surface area contributed by atoms with Crippen molar-refractivity contribution in [2.45, 2.75) is 25.3 Å². The summed E-state index contributed by atoms with van der Waals surface area (Å²) in [5.41, 5.74) is 1.29. The minimum atomic E-state index is -0.105. The van der Waals surface area contributed by atoms with Crippen LogP contribution in [0.5, 0.6) is 0 Å². The average molecular weight is 326 g/mol. The summed E-state index contributed by atoms with van der Waals surface area (Å²) in [5, 5.41) is 8.30. The van der Waals surface area contributed by atoms with E-state index in [1.165, 1.54) is 0 Å². The zero-order chi connectivity index (χ0) is 14.8. The van der Waals surface area contributed by atoms with Crippen LogP contribution in [0.2, 0.25) is 10.0 Å². The molecule has 0 radical (unpaired) electrons. The van der Waals surface area contributed by atoms with Crippen molar-refractivity contribution in [2.24, 2.45) is 0 Å². The largest absolute Gasteiger partial charge is 0.350 e. The number of benzene rings is 1. The van der Waals surface area contributed by atoms with E-state index in [2.05, 4.69) is 15.6 Å². The van der Waals surface area contributed by atoms with Gasteiger partial charge in [0.25, 0.3) is 5.91 Å². The minimum absolute atomic E-state index is 0.105. The van der Waals surface area contributed by atoms with Gasteiger partial charge < -0.3 is 15.6 Å². The highest BCUT2D eigenvalue weighted by atomic mass is 35.5. The summed E-state index contributed by atoms with van der Waals surface area (Å²) in [4.78, 5) is 15.4. The molecule has 2 heterocycles. The number of carbonyl (C=O) groups is 1. The Morgan fingerprint density at radius 2 is 2.10 bits per heavy atom. The molecule has 2 aromatic rings. The number of hydrogen-bond donors (Lipinski definition) is 3. The molecule has 6 heteroatoms. The Morgan fingerprint density at radius 1 is 1.24 bits per heavy atom. The van der Waals surface area contributed by atoms with Crippen LogP contribution in [0, 0.1) is 0 Å². The van der Waals surface area contributed by atoms with Crippen molar-refractivity contribution in [1.82, 2.24) is 15.6 Å². The number of halogens is 2. The van der Waals surface area contributed by atoms with Crippen LogP contribution in [-0.4, -0.2) is 30.0 Å². The highest BCUT2D eigenvalue weighted by molar-refractivity contribution is 6.38. The number of H-pyrrole nitrogens is 1. The number of amides is 1. The number of carbonyl (C=O) groups excluding carboxylic acids is 1. The topological polar surface area (TPSA) is 56.9 Å². The lowest BCUT2D eigenvalue weighted by atomic mass is 10.1. The van der Waals surface area contributed by atoms with Gasteiger partial charge in [-0.25, -0.2) is 0 Å². The fraction of sp³-hybridized carbons (Fsp3) is 0.400. The number of hydrogen-bond acceptors (Lipinski definition) is 2. The Bertz CT molecular complexity index is 660. The van der Waals surface area contributed by atoms with Crippen LogP contribution in [0.4, 0.5) is 0 Å². The molecule has 0 saturated carbocycles. The Hall–Kier alpha value is -1.23. The van der Waals surface area contributed by atoms with Crippen molar-refractivity contribution in [3.63, 3.8) is 0 Å². The molecule has 3 rings (SSSR count). The van der Waals surface area contributed by atoms with E-state index >= 15 is 0 Å². The number of aromatic nitrogens is 1. The molecule has 1 saturated heterocycles. The van der Waals surface area contributed by atoms with Crippen LogP contribution in [0.25, 0.3) is 10.9 Å². The third kappa shape index (κ3) is 3.34. The molecule has 1 aromatic carbocycles. The van der Waals surface area contributed by atoms with Gasteiger partial charge in [0, 0.05) is 28.5 Å². The fourth-order valence-electron chi connectivity index (χ4n) is 2.69. The van der Waals surface area contributed by atoms with Crippen LogP contribution in [0.15, 0.2) is 18.2 Å². The quantitative estimate of drug-likeness (QED) is 0.793. The number of fused-ring (bicyclic) bond motifs is 1. The van der Waals surface area contributed by atoms with Crippen molar-refractivity contribution < 1.29 is 4.79 Å². The van der Waals surface area contributed by atoms with Crippen LogP contribution in [-0.2, 0) is 0 Å². The van der Waals surface area contributed by atoms with Gasteiger partial charge in [0.05, 0.1) is 5.02 Å². The van der Waals surface area contributed by atoms with Gasteiger partial charge in [0.1, 0.15) is 5.69 Å². The lowest BCUT2D eigenvalue weighted by molar-refractivity contribution is 0.0931. The summed E-state index contributed by atoms with van der Waals surface area (Å²) < 4.78 is 0. The molecule has 112 valence electrons. The Morgan fingerprint density at radius 3 is 2.95 bits per heavy atom. The summed E-state index contributed by atoms with van der Waals surface area (Å²) in [6, 6.07) is 5.39. The Kier molecular flexibility index (Phi) is 4.38. The lowest BCUT2D eigenvalue weighted by Crippen LogP contribution is -2.40. The van der Waals surface area contributed by atoms with Crippen molar-refractivity contribution in [3.05, 3.63) is 33.9 Å². The first-order valence-electron chi connectivity index (χ1n) is 7.13. The predicted molar refractivity (Wildman–Crippen MR) is 86.3 cm³/mol. The lowest BCUT2D eigenvalue weighted by Gasteiger charge is -2.15. The monoisotopic (exact) mass is 325 g/mol. The number of rotatable bonds is 2. The van der Waals surface area contributed by atoms with Gasteiger partial charge in [0.15, 0.2) is 0 Å². The number of nitrogens with one attached hydrogen (secondary N) is 3. The highest BCUT2D eigenvalue weighted by Gasteiger charge is 2.17. The third-order valence-corrected chi connectivity index (χ3v) is 4.31. The van der Waals surface area contributed by atoms with Crippen molar-refractivity contribution in [1.29, 1.82) is 0 Å². The molecule has 1 atom stereocenters. The van der Waals surface area contributed by atoms with Crippen LogP contribution < -0.4 is 10.6 Å². The first-order valence-corrected chi connectivity index (χ1v) is 7.88. The molecule has 4 nitrogen and oxygen atoms in total. The molecule has 0 aliphatic carbocycles. The van der Waals surface area contributed by atoms with Crippen molar-refractivity contribution >= 4 is 40.0 Å². The van der Waals surface area contributed by atoms with E-state index in [4.69, 9.17) is 23.2 Å². The summed E-state index contributed by atoms with van der Waals surface area (Å²) in [7, 11) is 0. The summed E-state index contributed by atoms with van der Waals surface area (Å²) in [6.45, 7) is 1.84. The van der Waals surface area contributed by atoms with E-state index in [9.17, 15) is 4.79 Å². The first kappa shape index (κ1) is 14.7. The SMILES string of the molecule is O=C(NC1CCCCNC1)c1cc2c(Cl)cc(Cl)cc2[nH]1.